The van der Waals surface area contributed by atoms with Crippen LogP contribution in [0.5, 0.6) is 11.5 Å². The number of para-hydroxylation sites is 1. The molecule has 30 heavy (non-hydrogen) atoms. The molecule has 0 aliphatic carbocycles. The number of aryl methyl sites for hydroxylation is 1. The number of nitrogens with zero attached hydrogens (tertiary/aromatic N) is 2. The van der Waals surface area contributed by atoms with Crippen molar-refractivity contribution in [2.45, 2.75) is 33.8 Å². The summed E-state index contributed by atoms with van der Waals surface area (Å²) in [5.41, 5.74) is 4.13. The number of amides is 1. The highest BCUT2D eigenvalue weighted by Crippen LogP contribution is 2.29. The zero-order chi connectivity index (χ0) is 21.7. The van der Waals surface area contributed by atoms with Gasteiger partial charge >= 0.3 is 0 Å². The van der Waals surface area contributed by atoms with Crippen LogP contribution in [0, 0.1) is 13.8 Å². The summed E-state index contributed by atoms with van der Waals surface area (Å²) in [5.74, 6) is 1.08. The molecular formula is C24H27N3O3. The van der Waals surface area contributed by atoms with Crippen molar-refractivity contribution in [3.05, 3.63) is 71.6 Å². The SMILES string of the molecule is COc1cc(/C=C/C(=O)Nc2c(C)nn(-c3ccccc3)c2C)ccc1OC(C)C. The van der Waals surface area contributed by atoms with Gasteiger partial charge in [-0.25, -0.2) is 4.68 Å². The predicted octanol–water partition coefficient (Wildman–Crippen LogP) is 4.94. The molecule has 156 valence electrons. The van der Waals surface area contributed by atoms with Crippen LogP contribution in [0.3, 0.4) is 0 Å². The number of carbonyl (C=O) groups excluding carboxylic acids is 1. The first-order valence-electron chi connectivity index (χ1n) is 9.84. The lowest BCUT2D eigenvalue weighted by Gasteiger charge is -2.13. The lowest BCUT2D eigenvalue weighted by Crippen LogP contribution is -2.09. The van der Waals surface area contributed by atoms with Crippen LogP contribution >= 0.6 is 0 Å². The van der Waals surface area contributed by atoms with Crippen molar-refractivity contribution >= 4 is 17.7 Å². The van der Waals surface area contributed by atoms with Crippen molar-refractivity contribution in [1.82, 2.24) is 9.78 Å². The molecular weight excluding hydrogens is 378 g/mol. The number of methoxy groups -OCH3 is 1. The van der Waals surface area contributed by atoms with Gasteiger partial charge in [0.15, 0.2) is 11.5 Å². The van der Waals surface area contributed by atoms with Crippen molar-refractivity contribution < 1.29 is 14.3 Å². The zero-order valence-corrected chi connectivity index (χ0v) is 18.0. The first-order chi connectivity index (χ1) is 14.4. The highest BCUT2D eigenvalue weighted by molar-refractivity contribution is 6.02. The molecule has 2 aromatic carbocycles. The fraction of sp³-hybridized carbons (Fsp3) is 0.250. The van der Waals surface area contributed by atoms with E-state index in [-0.39, 0.29) is 12.0 Å². The van der Waals surface area contributed by atoms with Crippen molar-refractivity contribution in [2.75, 3.05) is 12.4 Å². The van der Waals surface area contributed by atoms with Crippen LogP contribution in [0.15, 0.2) is 54.6 Å². The number of ether oxygens (including phenoxy) is 2. The Labute approximate surface area is 177 Å². The van der Waals surface area contributed by atoms with Crippen LogP contribution in [0.25, 0.3) is 11.8 Å². The summed E-state index contributed by atoms with van der Waals surface area (Å²) >= 11 is 0. The van der Waals surface area contributed by atoms with E-state index < -0.39 is 0 Å². The molecule has 0 aliphatic heterocycles. The van der Waals surface area contributed by atoms with E-state index in [0.29, 0.717) is 17.2 Å². The Bertz CT molecular complexity index is 1050. The molecule has 0 bridgehead atoms. The maximum absolute atomic E-state index is 12.5. The van der Waals surface area contributed by atoms with Crippen LogP contribution in [0.2, 0.25) is 0 Å². The first kappa shape index (κ1) is 21.2. The largest absolute Gasteiger partial charge is 0.493 e. The molecule has 0 fully saturated rings. The number of benzene rings is 2. The molecule has 6 heteroatoms. The predicted molar refractivity (Wildman–Crippen MR) is 119 cm³/mol. The molecule has 0 atom stereocenters. The average molecular weight is 405 g/mol. The molecule has 1 N–H and O–H groups in total. The number of carbonyl (C=O) groups is 1. The summed E-state index contributed by atoms with van der Waals surface area (Å²) < 4.78 is 12.9. The van der Waals surface area contributed by atoms with E-state index in [9.17, 15) is 4.79 Å². The van der Waals surface area contributed by atoms with Gasteiger partial charge in [0.2, 0.25) is 5.91 Å². The highest BCUT2D eigenvalue weighted by atomic mass is 16.5. The minimum atomic E-state index is -0.227. The van der Waals surface area contributed by atoms with Gasteiger partial charge in [-0.15, -0.1) is 0 Å². The summed E-state index contributed by atoms with van der Waals surface area (Å²) in [6.45, 7) is 7.73. The van der Waals surface area contributed by atoms with Gasteiger partial charge < -0.3 is 14.8 Å². The molecule has 0 aliphatic rings. The van der Waals surface area contributed by atoms with Crippen molar-refractivity contribution in [1.29, 1.82) is 0 Å². The van der Waals surface area contributed by atoms with E-state index in [1.807, 2.05) is 80.9 Å². The molecule has 3 aromatic rings. The van der Waals surface area contributed by atoms with Crippen LogP contribution in [-0.2, 0) is 4.79 Å². The van der Waals surface area contributed by atoms with Gasteiger partial charge in [-0.2, -0.15) is 5.10 Å². The molecule has 1 amide bonds. The van der Waals surface area contributed by atoms with E-state index in [4.69, 9.17) is 9.47 Å². The minimum Gasteiger partial charge on any atom is -0.493 e. The fourth-order valence-electron chi connectivity index (χ4n) is 3.12. The smallest absolute Gasteiger partial charge is 0.248 e. The molecule has 6 nitrogen and oxygen atoms in total. The molecule has 1 aromatic heterocycles. The lowest BCUT2D eigenvalue weighted by molar-refractivity contribution is -0.111. The van der Waals surface area contributed by atoms with E-state index in [0.717, 1.165) is 22.6 Å². The number of hydrogen-bond donors (Lipinski definition) is 1. The third-order valence-corrected chi connectivity index (χ3v) is 4.52. The standard InChI is InChI=1S/C24H27N3O3/c1-16(2)30-21-13-11-19(15-22(21)29-5)12-14-23(28)25-24-17(3)26-27(18(24)4)20-9-7-6-8-10-20/h6-16H,1-5H3,(H,25,28)/b14-12+. The van der Waals surface area contributed by atoms with Crippen molar-refractivity contribution in [2.24, 2.45) is 0 Å². The average Bonchev–Trinajstić information content (AvgIpc) is 3.01. The normalized spacial score (nSPS) is 11.1. The second-order valence-electron chi connectivity index (χ2n) is 7.19. The van der Waals surface area contributed by atoms with Crippen molar-refractivity contribution in [3.8, 4) is 17.2 Å². The maximum Gasteiger partial charge on any atom is 0.248 e. The van der Waals surface area contributed by atoms with Crippen LogP contribution in [0.4, 0.5) is 5.69 Å². The summed E-state index contributed by atoms with van der Waals surface area (Å²) in [6.07, 6.45) is 3.29. The molecule has 0 radical (unpaired) electrons. The van der Waals surface area contributed by atoms with Gasteiger partial charge in [0.1, 0.15) is 0 Å². The summed E-state index contributed by atoms with van der Waals surface area (Å²) in [5, 5.41) is 7.50. The summed E-state index contributed by atoms with van der Waals surface area (Å²) in [7, 11) is 1.60. The van der Waals surface area contributed by atoms with Crippen molar-refractivity contribution in [3.63, 3.8) is 0 Å². The van der Waals surface area contributed by atoms with Gasteiger partial charge in [-0.05, 0) is 63.6 Å². The van der Waals surface area contributed by atoms with E-state index in [2.05, 4.69) is 10.4 Å². The van der Waals surface area contributed by atoms with Crippen LogP contribution in [0.1, 0.15) is 30.8 Å². The summed E-state index contributed by atoms with van der Waals surface area (Å²) in [4.78, 5) is 12.5. The van der Waals surface area contributed by atoms with E-state index >= 15 is 0 Å². The Kier molecular flexibility index (Phi) is 6.57. The second kappa shape index (κ2) is 9.31. The van der Waals surface area contributed by atoms with Crippen LogP contribution in [-0.4, -0.2) is 28.9 Å². The number of aromatic nitrogens is 2. The Hall–Kier alpha value is -3.54. The quantitative estimate of drug-likeness (QED) is 0.566. The Morgan fingerprint density at radius 1 is 1.10 bits per heavy atom. The Balaban J connectivity index is 1.75. The topological polar surface area (TPSA) is 65.4 Å². The Morgan fingerprint density at radius 2 is 1.83 bits per heavy atom. The lowest BCUT2D eigenvalue weighted by atomic mass is 10.2. The second-order valence-corrected chi connectivity index (χ2v) is 7.19. The van der Waals surface area contributed by atoms with E-state index in [1.54, 1.807) is 13.2 Å². The zero-order valence-electron chi connectivity index (χ0n) is 18.0. The number of rotatable bonds is 7. The Morgan fingerprint density at radius 3 is 2.50 bits per heavy atom. The molecule has 1 heterocycles. The third kappa shape index (κ3) is 4.89. The molecule has 3 rings (SSSR count). The number of hydrogen-bond acceptors (Lipinski definition) is 4. The molecule has 0 saturated carbocycles. The minimum absolute atomic E-state index is 0.0503. The first-order valence-corrected chi connectivity index (χ1v) is 9.84. The van der Waals surface area contributed by atoms with Gasteiger partial charge in [-0.3, -0.25) is 4.79 Å². The number of anilines is 1. The summed E-state index contributed by atoms with van der Waals surface area (Å²) in [6, 6.07) is 15.4. The fourth-order valence-corrected chi connectivity index (χ4v) is 3.12. The number of nitrogens with one attached hydrogen (secondary N) is 1. The maximum atomic E-state index is 12.5. The monoisotopic (exact) mass is 405 g/mol. The molecule has 0 unspecified atom stereocenters. The van der Waals surface area contributed by atoms with Gasteiger partial charge in [-0.1, -0.05) is 24.3 Å². The van der Waals surface area contributed by atoms with Gasteiger partial charge in [0.25, 0.3) is 0 Å². The van der Waals surface area contributed by atoms with Gasteiger partial charge in [0, 0.05) is 6.08 Å². The third-order valence-electron chi connectivity index (χ3n) is 4.52. The molecule has 0 spiro atoms. The molecule has 0 saturated heterocycles. The van der Waals surface area contributed by atoms with Crippen LogP contribution < -0.4 is 14.8 Å². The highest BCUT2D eigenvalue weighted by Gasteiger charge is 2.14. The van der Waals surface area contributed by atoms with Gasteiger partial charge in [0.05, 0.1) is 36.0 Å². The van der Waals surface area contributed by atoms with E-state index in [1.165, 1.54) is 6.08 Å².